The second-order valence-electron chi connectivity index (χ2n) is 22.6. The van der Waals surface area contributed by atoms with Crippen LogP contribution in [-0.2, 0) is 76.8 Å². The maximum absolute atomic E-state index is 15.0. The van der Waals surface area contributed by atoms with Gasteiger partial charge in [0.2, 0.25) is 65.0 Å². The van der Waals surface area contributed by atoms with Gasteiger partial charge < -0.3 is 78.4 Å². The lowest BCUT2D eigenvalue weighted by molar-refractivity contribution is -0.142. The number of aliphatic carboxylic acids is 1. The summed E-state index contributed by atoms with van der Waals surface area (Å²) in [5.74, 6) is -8.83. The summed E-state index contributed by atoms with van der Waals surface area (Å²) in [6, 6.07) is 4.50. The van der Waals surface area contributed by atoms with E-state index in [1.54, 1.807) is 42.2 Å². The molecule has 2 aromatic carbocycles. The van der Waals surface area contributed by atoms with Gasteiger partial charge in [-0.15, -0.1) is 0 Å². The number of phenols is 1. The molecule has 32 heteroatoms. The Balaban J connectivity index is 1.38. The second-order valence-corrected chi connectivity index (χ2v) is 25.2. The molecule has 2 aliphatic rings. The third kappa shape index (κ3) is 26.6. The Labute approximate surface area is 535 Å². The molecule has 30 nitrogen and oxygen atoms in total. The van der Waals surface area contributed by atoms with Crippen molar-refractivity contribution in [3.05, 3.63) is 83.9 Å². The number of fused-ring (bicyclic) bond motifs is 1. The summed E-state index contributed by atoms with van der Waals surface area (Å²) in [6.07, 6.45) is 0.469. The molecule has 0 radical (unpaired) electrons. The molecule has 0 saturated carbocycles. The van der Waals surface area contributed by atoms with Gasteiger partial charge in [-0.3, -0.25) is 67.8 Å². The van der Waals surface area contributed by atoms with Gasteiger partial charge in [-0.1, -0.05) is 77.9 Å². The maximum Gasteiger partial charge on any atom is 0.305 e. The molecule has 498 valence electrons. The summed E-state index contributed by atoms with van der Waals surface area (Å²) in [4.78, 5) is 171. The van der Waals surface area contributed by atoms with Crippen molar-refractivity contribution >= 4 is 92.5 Å². The number of aliphatic hydroxyl groups is 1. The molecule has 5 rings (SSSR count). The molecular formula is C59H85N15O15S2. The number of aliphatic hydroxyl groups excluding tert-OH is 1. The number of nitrogens with zero attached hydrogens (tertiary/aromatic N) is 3. The number of rotatable bonds is 28. The maximum atomic E-state index is 15.0. The first-order chi connectivity index (χ1) is 43.3. The van der Waals surface area contributed by atoms with Crippen molar-refractivity contribution in [2.75, 3.05) is 63.9 Å². The summed E-state index contributed by atoms with van der Waals surface area (Å²) in [5, 5.41) is 61.4. The van der Waals surface area contributed by atoms with Crippen LogP contribution in [0.3, 0.4) is 0 Å². The van der Waals surface area contributed by atoms with E-state index in [0.29, 0.717) is 23.2 Å². The second kappa shape index (κ2) is 37.7. The molecule has 9 atom stereocenters. The van der Waals surface area contributed by atoms with E-state index in [0.717, 1.165) is 0 Å². The number of hydrogen-bond acceptors (Lipinski definition) is 19. The van der Waals surface area contributed by atoms with Crippen molar-refractivity contribution in [3.63, 3.8) is 0 Å². The van der Waals surface area contributed by atoms with Crippen LogP contribution in [0.25, 0.3) is 0 Å². The Kier molecular flexibility index (Phi) is 30.4. The van der Waals surface area contributed by atoms with Gasteiger partial charge >= 0.3 is 5.97 Å². The molecule has 0 aliphatic carbocycles. The summed E-state index contributed by atoms with van der Waals surface area (Å²) < 4.78 is 0. The predicted octanol–water partition coefficient (Wildman–Crippen LogP) is -2.94. The van der Waals surface area contributed by atoms with E-state index in [9.17, 15) is 68.1 Å². The molecule has 2 aliphatic heterocycles. The first-order valence-corrected chi connectivity index (χ1v) is 32.4. The molecule has 0 bridgehead atoms. The highest BCUT2D eigenvalue weighted by atomic mass is 33.1. The first-order valence-electron chi connectivity index (χ1n) is 29.9. The van der Waals surface area contributed by atoms with E-state index in [1.165, 1.54) is 77.1 Å². The molecule has 0 spiro atoms. The van der Waals surface area contributed by atoms with Gasteiger partial charge in [-0.2, -0.15) is 0 Å². The van der Waals surface area contributed by atoms with Gasteiger partial charge in [0, 0.05) is 88.9 Å². The van der Waals surface area contributed by atoms with Crippen LogP contribution >= 0.6 is 21.6 Å². The van der Waals surface area contributed by atoms with Crippen LogP contribution in [0.4, 0.5) is 0 Å². The number of imidazole rings is 1. The van der Waals surface area contributed by atoms with Gasteiger partial charge in [-0.05, 0) is 61.8 Å². The molecule has 15 N–H and O–H groups in total. The fourth-order valence-corrected chi connectivity index (χ4v) is 12.3. The third-order valence-electron chi connectivity index (χ3n) is 14.4. The van der Waals surface area contributed by atoms with Crippen LogP contribution in [0.15, 0.2) is 67.1 Å². The smallest absolute Gasteiger partial charge is 0.305 e. The number of carboxylic acid groups (broad SMARTS) is 1. The van der Waals surface area contributed by atoms with E-state index in [-0.39, 0.29) is 106 Å². The number of H-pyrrole nitrogens is 1. The average Bonchev–Trinajstić information content (AvgIpc) is 1.88. The van der Waals surface area contributed by atoms with Crippen molar-refractivity contribution in [2.45, 2.75) is 134 Å². The normalized spacial score (nSPS) is 20.5. The number of phenolic OH excluding ortho intramolecular Hbond substituents is 1. The lowest BCUT2D eigenvalue weighted by Gasteiger charge is -2.32. The highest BCUT2D eigenvalue weighted by Gasteiger charge is 2.41. The van der Waals surface area contributed by atoms with Crippen molar-refractivity contribution in [3.8, 4) is 5.75 Å². The highest BCUT2D eigenvalue weighted by molar-refractivity contribution is 8.76. The molecule has 91 heavy (non-hydrogen) atoms. The molecule has 11 amide bonds. The molecule has 3 aromatic rings. The lowest BCUT2D eigenvalue weighted by atomic mass is 10.0. The topological polar surface area (TPSA) is 433 Å². The van der Waals surface area contributed by atoms with E-state index in [1.807, 2.05) is 13.8 Å². The first kappa shape index (κ1) is 73.4. The number of carboxylic acids is 1. The van der Waals surface area contributed by atoms with E-state index in [4.69, 9.17) is 0 Å². The number of aromatic amines is 1. The van der Waals surface area contributed by atoms with Crippen LogP contribution in [0, 0.1) is 5.92 Å². The minimum absolute atomic E-state index is 0.00315. The molecule has 2 saturated heterocycles. The lowest BCUT2D eigenvalue weighted by Crippen LogP contribution is -2.61. The standard InChI is InChI=1S/C59H85N15O15S2/c1-34(2)22-42-53(83)66-35(3)31-90-91-32-47(59(89)74-19-9-12-48(74)58(88)71-44(24-39-13-15-41(77)16-14-39)55(85)70-46(26-52(81)82)57(87)68-42)72-56(86)45(25-40-27-60-33-65-40)69-54(84)43(23-38-10-7-6-8-11-38)67-50(79)29-63-49(78)28-64-51(80)30-73(20-17-61-36(4)75)21-18-62-37(5)76/h6-8,10-11,13-16,27,33-35,42-48,54,69,77,84H,9,12,17-26,28-32H2,1-5H3,(H,60,65)(H,61,75)(H,62,76)(H,63,78)(H,64,80)(H,66,83)(H,67,79)(H,68,87)(H,70,85)(H,71,88)(H,72,86)(H,81,82)/t35-,42+,43+,44+,45+,46+,47+,48+,54+/m1/s1. The number of aromatic nitrogens is 2. The molecule has 3 heterocycles. The molecule has 2 fully saturated rings. The van der Waals surface area contributed by atoms with E-state index < -0.39 is 133 Å². The van der Waals surface area contributed by atoms with Crippen molar-refractivity contribution in [2.24, 2.45) is 5.92 Å². The van der Waals surface area contributed by atoms with Crippen molar-refractivity contribution in [1.29, 1.82) is 0 Å². The minimum atomic E-state index is -1.71. The van der Waals surface area contributed by atoms with Crippen LogP contribution in [0.1, 0.15) is 77.1 Å². The highest BCUT2D eigenvalue weighted by Crippen LogP contribution is 2.26. The molecule has 1 aromatic heterocycles. The minimum Gasteiger partial charge on any atom is -0.508 e. The monoisotopic (exact) mass is 1310 g/mol. The Morgan fingerprint density at radius 3 is 1.99 bits per heavy atom. The number of hydrogen-bond donors (Lipinski definition) is 15. The Bertz CT molecular complexity index is 2930. The number of nitrogens with one attached hydrogen (secondary N) is 12. The largest absolute Gasteiger partial charge is 0.508 e. The zero-order chi connectivity index (χ0) is 66.6. The van der Waals surface area contributed by atoms with Gasteiger partial charge in [-0.25, -0.2) is 4.98 Å². The van der Waals surface area contributed by atoms with Crippen LogP contribution < -0.4 is 58.5 Å². The van der Waals surface area contributed by atoms with Crippen LogP contribution in [0.5, 0.6) is 5.75 Å². The van der Waals surface area contributed by atoms with Gasteiger partial charge in [0.25, 0.3) is 0 Å². The fraction of sp³-hybridized carbons (Fsp3) is 0.542. The summed E-state index contributed by atoms with van der Waals surface area (Å²) in [7, 11) is 2.43. The molecule has 0 unspecified atom stereocenters. The Hall–Kier alpha value is -8.33. The summed E-state index contributed by atoms with van der Waals surface area (Å²) in [5.41, 5.74) is 1.54. The van der Waals surface area contributed by atoms with Gasteiger partial charge in [0.1, 0.15) is 42.2 Å². The summed E-state index contributed by atoms with van der Waals surface area (Å²) in [6.45, 7) is 7.80. The molecular weight excluding hydrogens is 1220 g/mol. The SMILES string of the molecule is CC(=O)NCCN(CCNC(C)=O)CC(=O)NCC(=O)NCC(=O)N[C@@H](Cc1ccccc1)[C@H](O)N[C@@H](Cc1cnc[nH]1)C(=O)N[C@H]1CSSC[C@@H](C)NC(=O)[C@H](CC(C)C)NC(=O)[C@H](CC(=O)O)NC(=O)[C@H](Cc2ccc(O)cc2)NC(=O)[C@@H]2CCCN2C1=O. The van der Waals surface area contributed by atoms with Crippen molar-refractivity contribution < 1.29 is 72.9 Å². The number of amides is 11. The Morgan fingerprint density at radius 1 is 0.736 bits per heavy atom. The quantitative estimate of drug-likeness (QED) is 0.0255. The number of benzene rings is 2. The number of carbonyl (C=O) groups is 12. The van der Waals surface area contributed by atoms with E-state index in [2.05, 4.69) is 68.5 Å². The summed E-state index contributed by atoms with van der Waals surface area (Å²) >= 11 is 0. The van der Waals surface area contributed by atoms with Gasteiger partial charge in [0.15, 0.2) is 0 Å². The van der Waals surface area contributed by atoms with Crippen molar-refractivity contribution in [1.82, 2.24) is 78.3 Å². The zero-order valence-corrected chi connectivity index (χ0v) is 53.2. The van der Waals surface area contributed by atoms with E-state index >= 15 is 4.79 Å². The number of aromatic hydroxyl groups is 1. The van der Waals surface area contributed by atoms with Crippen LogP contribution in [0.2, 0.25) is 0 Å². The average molecular weight is 1310 g/mol. The number of carbonyl (C=O) groups excluding carboxylic acids is 11. The van der Waals surface area contributed by atoms with Gasteiger partial charge in [0.05, 0.1) is 44.5 Å². The Morgan fingerprint density at radius 2 is 1.35 bits per heavy atom. The predicted molar refractivity (Wildman–Crippen MR) is 336 cm³/mol. The third-order valence-corrected chi connectivity index (χ3v) is 17.0. The van der Waals surface area contributed by atoms with Crippen LogP contribution in [-0.4, -0.2) is 224 Å². The fourth-order valence-electron chi connectivity index (χ4n) is 9.84. The zero-order valence-electron chi connectivity index (χ0n) is 51.5.